The average molecular weight is 363 g/mol. The van der Waals surface area contributed by atoms with Gasteiger partial charge >= 0.3 is 0 Å². The molecule has 1 aromatic carbocycles. The lowest BCUT2D eigenvalue weighted by atomic mass is 10.2. The first-order chi connectivity index (χ1) is 12.1. The van der Waals surface area contributed by atoms with Crippen LogP contribution < -0.4 is 14.8 Å². The maximum atomic E-state index is 12.4. The van der Waals surface area contributed by atoms with E-state index in [0.717, 1.165) is 18.7 Å². The van der Waals surface area contributed by atoms with Crippen LogP contribution in [0.1, 0.15) is 31.6 Å². The highest BCUT2D eigenvalue weighted by atomic mass is 32.2. The smallest absolute Gasteiger partial charge is 0.237 e. The lowest BCUT2D eigenvalue weighted by molar-refractivity contribution is -0.115. The normalized spacial score (nSPS) is 14.8. The number of methoxy groups -OCH3 is 2. The number of tetrazole rings is 1. The van der Waals surface area contributed by atoms with Gasteiger partial charge < -0.3 is 14.8 Å². The fraction of sp³-hybridized carbons (Fsp3) is 0.500. The van der Waals surface area contributed by atoms with Gasteiger partial charge in [-0.05, 0) is 42.3 Å². The summed E-state index contributed by atoms with van der Waals surface area (Å²) in [6.07, 6.45) is 2.25. The molecular weight excluding hydrogens is 342 g/mol. The topological polar surface area (TPSA) is 91.2 Å². The number of amides is 1. The molecule has 1 fully saturated rings. The highest BCUT2D eigenvalue weighted by molar-refractivity contribution is 7.99. The second-order valence-electron chi connectivity index (χ2n) is 5.78. The van der Waals surface area contributed by atoms with Gasteiger partial charge in [0.1, 0.15) is 0 Å². The first-order valence-corrected chi connectivity index (χ1v) is 9.08. The van der Waals surface area contributed by atoms with E-state index in [1.165, 1.54) is 11.8 Å². The molecule has 3 rings (SSSR count). The molecule has 1 unspecified atom stereocenters. The van der Waals surface area contributed by atoms with Crippen LogP contribution in [0.3, 0.4) is 0 Å². The molecule has 1 saturated carbocycles. The van der Waals surface area contributed by atoms with Crippen molar-refractivity contribution in [3.63, 3.8) is 0 Å². The van der Waals surface area contributed by atoms with Crippen molar-refractivity contribution in [3.05, 3.63) is 24.0 Å². The fourth-order valence-corrected chi connectivity index (χ4v) is 3.14. The van der Waals surface area contributed by atoms with Gasteiger partial charge in [-0.15, -0.1) is 16.9 Å². The van der Waals surface area contributed by atoms with Gasteiger partial charge in [-0.3, -0.25) is 4.79 Å². The minimum Gasteiger partial charge on any atom is -0.493 e. The van der Waals surface area contributed by atoms with Crippen LogP contribution in [0.5, 0.6) is 11.5 Å². The Morgan fingerprint density at radius 2 is 2.12 bits per heavy atom. The molecule has 9 heteroatoms. The molecule has 1 aliphatic carbocycles. The van der Waals surface area contributed by atoms with Gasteiger partial charge in [0.15, 0.2) is 17.3 Å². The van der Waals surface area contributed by atoms with Gasteiger partial charge in [-0.1, -0.05) is 0 Å². The largest absolute Gasteiger partial charge is 0.493 e. The number of anilines is 1. The zero-order chi connectivity index (χ0) is 17.8. The van der Waals surface area contributed by atoms with Crippen LogP contribution in [0.25, 0.3) is 0 Å². The molecule has 0 saturated heterocycles. The molecule has 134 valence electrons. The van der Waals surface area contributed by atoms with E-state index >= 15 is 0 Å². The number of aromatic nitrogens is 4. The first kappa shape index (κ1) is 17.5. The number of carbonyl (C=O) groups is 1. The summed E-state index contributed by atoms with van der Waals surface area (Å²) in [5, 5.41) is 14.5. The van der Waals surface area contributed by atoms with E-state index in [1.807, 2.05) is 11.6 Å². The van der Waals surface area contributed by atoms with Gasteiger partial charge in [0, 0.05) is 11.8 Å². The van der Waals surface area contributed by atoms with Gasteiger partial charge in [0.25, 0.3) is 0 Å². The van der Waals surface area contributed by atoms with Crippen LogP contribution >= 0.6 is 11.8 Å². The molecule has 2 aromatic rings. The van der Waals surface area contributed by atoms with Crippen molar-refractivity contribution in [2.24, 2.45) is 0 Å². The highest BCUT2D eigenvalue weighted by Gasteiger charge is 2.28. The molecule has 0 aliphatic heterocycles. The van der Waals surface area contributed by atoms with Crippen LogP contribution in [-0.4, -0.2) is 45.6 Å². The number of carbonyl (C=O) groups excluding carboxylic acids is 1. The zero-order valence-corrected chi connectivity index (χ0v) is 15.2. The molecule has 0 radical (unpaired) electrons. The Kier molecular flexibility index (Phi) is 5.42. The number of benzene rings is 1. The monoisotopic (exact) mass is 363 g/mol. The Morgan fingerprint density at radius 1 is 1.36 bits per heavy atom. The Labute approximate surface area is 150 Å². The van der Waals surface area contributed by atoms with E-state index in [2.05, 4.69) is 20.8 Å². The van der Waals surface area contributed by atoms with Crippen LogP contribution in [0.4, 0.5) is 5.69 Å². The molecule has 1 amide bonds. The molecule has 1 N–H and O–H groups in total. The number of hydrogen-bond donors (Lipinski definition) is 1. The quantitative estimate of drug-likeness (QED) is 0.769. The number of nitrogens with one attached hydrogen (secondary N) is 1. The second-order valence-corrected chi connectivity index (χ2v) is 7.11. The molecule has 0 bridgehead atoms. The third-order valence-electron chi connectivity index (χ3n) is 3.94. The Bertz CT molecular complexity index is 747. The van der Waals surface area contributed by atoms with Crippen LogP contribution in [-0.2, 0) is 10.5 Å². The third-order valence-corrected chi connectivity index (χ3v) is 5.08. The molecule has 1 heterocycles. The van der Waals surface area contributed by atoms with Gasteiger partial charge in [-0.25, -0.2) is 4.68 Å². The Balaban J connectivity index is 1.56. The minimum absolute atomic E-state index is 0.0809. The SMILES string of the molecule is COc1ccc(NC(=O)C(C)SCc2nnnn2C2CC2)cc1OC. The summed E-state index contributed by atoms with van der Waals surface area (Å²) in [7, 11) is 3.13. The van der Waals surface area contributed by atoms with Crippen LogP contribution in [0, 0.1) is 0 Å². The molecule has 1 aromatic heterocycles. The Morgan fingerprint density at radius 3 is 2.80 bits per heavy atom. The Hall–Kier alpha value is -2.29. The zero-order valence-electron chi connectivity index (χ0n) is 14.4. The van der Waals surface area contributed by atoms with E-state index in [-0.39, 0.29) is 11.2 Å². The van der Waals surface area contributed by atoms with E-state index in [1.54, 1.807) is 32.4 Å². The molecule has 8 nitrogen and oxygen atoms in total. The summed E-state index contributed by atoms with van der Waals surface area (Å²) in [5.41, 5.74) is 0.665. The van der Waals surface area contributed by atoms with Crippen molar-refractivity contribution >= 4 is 23.4 Å². The van der Waals surface area contributed by atoms with E-state index < -0.39 is 0 Å². The first-order valence-electron chi connectivity index (χ1n) is 8.03. The number of hydrogen-bond acceptors (Lipinski definition) is 7. The van der Waals surface area contributed by atoms with Crippen molar-refractivity contribution in [1.29, 1.82) is 0 Å². The highest BCUT2D eigenvalue weighted by Crippen LogP contribution is 2.35. The maximum absolute atomic E-state index is 12.4. The summed E-state index contributed by atoms with van der Waals surface area (Å²) in [6.45, 7) is 1.87. The minimum atomic E-state index is -0.238. The summed E-state index contributed by atoms with van der Waals surface area (Å²) in [4.78, 5) is 12.4. The summed E-state index contributed by atoms with van der Waals surface area (Å²) in [6, 6.07) is 5.71. The van der Waals surface area contributed by atoms with Gasteiger partial charge in [0.2, 0.25) is 5.91 Å². The summed E-state index contributed by atoms with van der Waals surface area (Å²) < 4.78 is 12.3. The number of rotatable bonds is 8. The number of nitrogens with zero attached hydrogens (tertiary/aromatic N) is 4. The molecule has 25 heavy (non-hydrogen) atoms. The molecule has 1 atom stereocenters. The van der Waals surface area contributed by atoms with E-state index in [0.29, 0.717) is 29.0 Å². The standard InChI is InChI=1S/C16H21N5O3S/c1-10(25-9-15-18-19-20-21(15)12-5-6-12)16(22)17-11-4-7-13(23-2)14(8-11)24-3/h4,7-8,10,12H,5-6,9H2,1-3H3,(H,17,22). The van der Waals surface area contributed by atoms with E-state index in [4.69, 9.17) is 9.47 Å². The molecular formula is C16H21N5O3S. The van der Waals surface area contributed by atoms with Crippen molar-refractivity contribution in [3.8, 4) is 11.5 Å². The maximum Gasteiger partial charge on any atom is 0.237 e. The lowest BCUT2D eigenvalue weighted by Gasteiger charge is -2.13. The van der Waals surface area contributed by atoms with Gasteiger partial charge in [0.05, 0.1) is 31.3 Å². The van der Waals surface area contributed by atoms with Gasteiger partial charge in [-0.2, -0.15) is 0 Å². The predicted octanol–water partition coefficient (Wildman–Crippen LogP) is 2.29. The molecule has 0 spiro atoms. The molecule has 1 aliphatic rings. The van der Waals surface area contributed by atoms with Crippen LogP contribution in [0.2, 0.25) is 0 Å². The predicted molar refractivity (Wildman–Crippen MR) is 95.0 cm³/mol. The second kappa shape index (κ2) is 7.73. The number of ether oxygens (including phenoxy) is 2. The van der Waals surface area contributed by atoms with Crippen LogP contribution in [0.15, 0.2) is 18.2 Å². The van der Waals surface area contributed by atoms with E-state index in [9.17, 15) is 4.79 Å². The third kappa shape index (κ3) is 4.22. The fourth-order valence-electron chi connectivity index (χ4n) is 2.34. The van der Waals surface area contributed by atoms with Crippen molar-refractivity contribution < 1.29 is 14.3 Å². The summed E-state index contributed by atoms with van der Waals surface area (Å²) >= 11 is 1.51. The number of thioether (sulfide) groups is 1. The average Bonchev–Trinajstić information content (AvgIpc) is 3.37. The van der Waals surface area contributed by atoms with Crippen molar-refractivity contribution in [2.45, 2.75) is 36.8 Å². The summed E-state index contributed by atoms with van der Waals surface area (Å²) in [5.74, 6) is 2.53. The van der Waals surface area contributed by atoms with Crippen molar-refractivity contribution in [2.75, 3.05) is 19.5 Å². The van der Waals surface area contributed by atoms with Crippen molar-refractivity contribution in [1.82, 2.24) is 20.2 Å². The lowest BCUT2D eigenvalue weighted by Crippen LogP contribution is -2.22.